The summed E-state index contributed by atoms with van der Waals surface area (Å²) in [5.74, 6) is 2.91. The molecule has 2 heteroatoms. The average molecular weight is 545 g/mol. The standard InChI is InChI=1S/C38H60N2/c1-9-26(2)23-37-31(33(4,5)6)18-20-36(37)29-17-19-35(27(3)40-24-28-13-11-10-12-14-28)22-21-34(7,8)25-38(35,39)30(29)15-16-32(36)37/h9,15,23,28-29,31-32,40H,1,3,10-14,16-22,24-25,39H2,2,4-8H3/b26-23-. The first-order valence-electron chi connectivity index (χ1n) is 17.0. The Labute approximate surface area is 246 Å². The molecule has 1 spiro atoms. The van der Waals surface area contributed by atoms with Crippen molar-refractivity contribution in [2.45, 2.75) is 131 Å². The normalized spacial score (nSPS) is 44.4. The highest BCUT2D eigenvalue weighted by Crippen LogP contribution is 2.89. The van der Waals surface area contributed by atoms with Crippen LogP contribution in [0.5, 0.6) is 0 Å². The van der Waals surface area contributed by atoms with Crippen molar-refractivity contribution in [1.29, 1.82) is 0 Å². The Bertz CT molecular complexity index is 1110. The van der Waals surface area contributed by atoms with Gasteiger partial charge >= 0.3 is 0 Å². The number of hydrogen-bond acceptors (Lipinski definition) is 2. The molecule has 0 amide bonds. The van der Waals surface area contributed by atoms with E-state index in [-0.39, 0.29) is 16.4 Å². The third-order valence-electron chi connectivity index (χ3n) is 13.9. The van der Waals surface area contributed by atoms with Crippen LogP contribution in [-0.2, 0) is 0 Å². The van der Waals surface area contributed by atoms with Crippen molar-refractivity contribution in [2.75, 3.05) is 6.54 Å². The lowest BCUT2D eigenvalue weighted by Gasteiger charge is -2.63. The summed E-state index contributed by atoms with van der Waals surface area (Å²) >= 11 is 0. The predicted molar refractivity (Wildman–Crippen MR) is 171 cm³/mol. The quantitative estimate of drug-likeness (QED) is 0.258. The summed E-state index contributed by atoms with van der Waals surface area (Å²) in [4.78, 5) is 0. The van der Waals surface area contributed by atoms with Gasteiger partial charge in [-0.25, -0.2) is 0 Å². The van der Waals surface area contributed by atoms with E-state index in [0.29, 0.717) is 22.2 Å². The Morgan fingerprint density at radius 3 is 2.45 bits per heavy atom. The lowest BCUT2D eigenvalue weighted by molar-refractivity contribution is -0.00551. The molecule has 0 heterocycles. The molecule has 0 radical (unpaired) electrons. The minimum absolute atomic E-state index is 0.0184. The van der Waals surface area contributed by atoms with Crippen molar-refractivity contribution in [3.63, 3.8) is 0 Å². The maximum atomic E-state index is 7.99. The van der Waals surface area contributed by atoms with Crippen LogP contribution in [0.3, 0.4) is 0 Å². The fourth-order valence-corrected chi connectivity index (χ4v) is 12.2. The van der Waals surface area contributed by atoms with E-state index in [2.05, 4.69) is 71.7 Å². The zero-order chi connectivity index (χ0) is 28.8. The summed E-state index contributed by atoms with van der Waals surface area (Å²) in [5.41, 5.74) is 13.2. The van der Waals surface area contributed by atoms with Gasteiger partial charge in [-0.1, -0.05) is 90.8 Å². The molecule has 0 aromatic rings. The second-order valence-electron chi connectivity index (χ2n) is 17.3. The van der Waals surface area contributed by atoms with Gasteiger partial charge in [-0.15, -0.1) is 0 Å². The monoisotopic (exact) mass is 544 g/mol. The molecule has 5 fully saturated rings. The molecule has 7 unspecified atom stereocenters. The van der Waals surface area contributed by atoms with Gasteiger partial charge in [0.1, 0.15) is 0 Å². The first-order chi connectivity index (χ1) is 18.8. The second-order valence-corrected chi connectivity index (χ2v) is 17.3. The molecule has 6 aliphatic carbocycles. The zero-order valence-corrected chi connectivity index (χ0v) is 26.9. The van der Waals surface area contributed by atoms with E-state index in [4.69, 9.17) is 12.3 Å². The number of allylic oxidation sites excluding steroid dienone is 4. The SMILES string of the molecule is C=C/C(C)=C\C12C(C(C)(C)C)CCC13C1CCC4(C(=C)NCC5CCCCC5)CCC(C)(C)CC4(N)C1=CCC23. The number of fused-ring (bicyclic) bond motifs is 4. The molecule has 0 aliphatic heterocycles. The lowest BCUT2D eigenvalue weighted by Crippen LogP contribution is -2.67. The van der Waals surface area contributed by atoms with Crippen molar-refractivity contribution in [1.82, 2.24) is 5.32 Å². The van der Waals surface area contributed by atoms with Gasteiger partial charge in [0.05, 0.1) is 0 Å². The highest BCUT2D eigenvalue weighted by Gasteiger charge is 2.84. The molecule has 6 rings (SSSR count). The number of rotatable bonds is 6. The summed E-state index contributed by atoms with van der Waals surface area (Å²) in [7, 11) is 0. The van der Waals surface area contributed by atoms with Gasteiger partial charge in [-0.05, 0) is 117 Å². The Hall–Kier alpha value is -1.28. The second kappa shape index (κ2) is 9.36. The van der Waals surface area contributed by atoms with Crippen LogP contribution >= 0.6 is 0 Å². The predicted octanol–water partition coefficient (Wildman–Crippen LogP) is 9.50. The lowest BCUT2D eigenvalue weighted by atomic mass is 9.44. The van der Waals surface area contributed by atoms with Crippen LogP contribution in [0, 0.1) is 50.7 Å². The average Bonchev–Trinajstić information content (AvgIpc) is 3.30. The molecule has 2 nitrogen and oxygen atoms in total. The summed E-state index contributed by atoms with van der Waals surface area (Å²) in [6.07, 6.45) is 24.4. The maximum absolute atomic E-state index is 7.99. The van der Waals surface area contributed by atoms with E-state index in [1.165, 1.54) is 88.3 Å². The molecule has 0 aromatic carbocycles. The molecular weight excluding hydrogens is 484 g/mol. The summed E-state index contributed by atoms with van der Waals surface area (Å²) < 4.78 is 0. The third-order valence-corrected chi connectivity index (χ3v) is 13.9. The highest BCUT2D eigenvalue weighted by atomic mass is 15.0. The molecule has 7 atom stereocenters. The summed E-state index contributed by atoms with van der Waals surface area (Å²) in [6, 6.07) is 0. The van der Waals surface area contributed by atoms with Crippen LogP contribution in [-0.4, -0.2) is 12.1 Å². The van der Waals surface area contributed by atoms with Crippen LogP contribution in [0.4, 0.5) is 0 Å². The van der Waals surface area contributed by atoms with Crippen molar-refractivity contribution in [3.8, 4) is 0 Å². The van der Waals surface area contributed by atoms with E-state index < -0.39 is 0 Å². The third kappa shape index (κ3) is 3.82. The van der Waals surface area contributed by atoms with Crippen molar-refractivity contribution in [2.24, 2.45) is 56.5 Å². The molecule has 222 valence electrons. The molecule has 40 heavy (non-hydrogen) atoms. The minimum atomic E-state index is -0.292. The molecule has 0 aromatic heterocycles. The topological polar surface area (TPSA) is 38.0 Å². The fraction of sp³-hybridized carbons (Fsp3) is 0.789. The first kappa shape index (κ1) is 28.8. The Morgan fingerprint density at radius 2 is 1.77 bits per heavy atom. The van der Waals surface area contributed by atoms with E-state index in [0.717, 1.165) is 30.7 Å². The van der Waals surface area contributed by atoms with E-state index in [1.54, 1.807) is 5.57 Å². The number of nitrogens with two attached hydrogens (primary N) is 1. The first-order valence-corrected chi connectivity index (χ1v) is 17.0. The van der Waals surface area contributed by atoms with Crippen LogP contribution in [0.2, 0.25) is 0 Å². The van der Waals surface area contributed by atoms with Crippen molar-refractivity contribution >= 4 is 0 Å². The number of nitrogens with one attached hydrogen (secondary N) is 1. The van der Waals surface area contributed by atoms with Gasteiger partial charge in [0.2, 0.25) is 0 Å². The summed E-state index contributed by atoms with van der Waals surface area (Å²) in [5, 5.41) is 3.97. The van der Waals surface area contributed by atoms with E-state index in [9.17, 15) is 0 Å². The van der Waals surface area contributed by atoms with Gasteiger partial charge < -0.3 is 11.1 Å². The van der Waals surface area contributed by atoms with E-state index in [1.807, 2.05) is 0 Å². The van der Waals surface area contributed by atoms with Crippen LogP contribution < -0.4 is 11.1 Å². The molecule has 6 aliphatic rings. The van der Waals surface area contributed by atoms with Crippen LogP contribution in [0.1, 0.15) is 125 Å². The van der Waals surface area contributed by atoms with Crippen LogP contribution in [0.15, 0.2) is 48.2 Å². The van der Waals surface area contributed by atoms with Gasteiger partial charge in [-0.2, -0.15) is 0 Å². The molecule has 0 saturated heterocycles. The zero-order valence-electron chi connectivity index (χ0n) is 26.9. The maximum Gasteiger partial charge on any atom is 0.0489 e. The molecule has 3 N–H and O–H groups in total. The smallest absolute Gasteiger partial charge is 0.0489 e. The summed E-state index contributed by atoms with van der Waals surface area (Å²) in [6.45, 7) is 24.8. The highest BCUT2D eigenvalue weighted by molar-refractivity contribution is 5.49. The van der Waals surface area contributed by atoms with Crippen molar-refractivity contribution in [3.05, 3.63) is 48.2 Å². The largest absolute Gasteiger partial charge is 0.388 e. The Morgan fingerprint density at radius 1 is 1.05 bits per heavy atom. The Kier molecular flexibility index (Phi) is 6.74. The molecular formula is C38H60N2. The van der Waals surface area contributed by atoms with Gasteiger partial charge in [0, 0.05) is 28.6 Å². The van der Waals surface area contributed by atoms with Crippen LogP contribution in [0.25, 0.3) is 0 Å². The molecule has 5 saturated carbocycles. The van der Waals surface area contributed by atoms with Crippen molar-refractivity contribution < 1.29 is 0 Å². The van der Waals surface area contributed by atoms with E-state index >= 15 is 0 Å². The van der Waals surface area contributed by atoms with Gasteiger partial charge in [0.25, 0.3) is 0 Å². The number of hydrogen-bond donors (Lipinski definition) is 2. The Balaban J connectivity index is 1.37. The van der Waals surface area contributed by atoms with Gasteiger partial charge in [-0.3, -0.25) is 0 Å². The molecule has 0 bridgehead atoms. The van der Waals surface area contributed by atoms with Gasteiger partial charge in [0.15, 0.2) is 0 Å². The fourth-order valence-electron chi connectivity index (χ4n) is 12.2. The minimum Gasteiger partial charge on any atom is -0.388 e.